The standard InChI is InChI=1S/C14H19N5O/c1-4-20-14-12(11(15)5-6-17-14)13(16)10-7-18-19(8-10)9(2)3/h5-9,16H,4H2,1-3H3,(H2,15,17). The molecule has 0 unspecified atom stereocenters. The third-order valence-corrected chi connectivity index (χ3v) is 2.90. The lowest BCUT2D eigenvalue weighted by molar-refractivity contribution is 0.326. The van der Waals surface area contributed by atoms with Crippen molar-refractivity contribution in [1.29, 1.82) is 5.41 Å². The summed E-state index contributed by atoms with van der Waals surface area (Å²) in [4.78, 5) is 4.15. The first-order valence-corrected chi connectivity index (χ1v) is 6.55. The smallest absolute Gasteiger partial charge is 0.225 e. The van der Waals surface area contributed by atoms with Gasteiger partial charge in [0.15, 0.2) is 0 Å². The van der Waals surface area contributed by atoms with E-state index in [9.17, 15) is 0 Å². The van der Waals surface area contributed by atoms with E-state index in [1.54, 1.807) is 23.1 Å². The van der Waals surface area contributed by atoms with E-state index in [1.807, 2.05) is 27.0 Å². The molecule has 0 aromatic carbocycles. The first-order valence-electron chi connectivity index (χ1n) is 6.55. The summed E-state index contributed by atoms with van der Waals surface area (Å²) in [6, 6.07) is 1.91. The van der Waals surface area contributed by atoms with Gasteiger partial charge < -0.3 is 10.5 Å². The van der Waals surface area contributed by atoms with Gasteiger partial charge in [-0.1, -0.05) is 0 Å². The van der Waals surface area contributed by atoms with Crippen LogP contribution in [0.2, 0.25) is 0 Å². The molecule has 0 amide bonds. The lowest BCUT2D eigenvalue weighted by atomic mass is 10.1. The number of hydrogen-bond donors (Lipinski definition) is 2. The molecule has 2 aromatic heterocycles. The van der Waals surface area contributed by atoms with E-state index in [2.05, 4.69) is 10.1 Å². The molecule has 2 aromatic rings. The van der Waals surface area contributed by atoms with Gasteiger partial charge in [-0.05, 0) is 26.8 Å². The van der Waals surface area contributed by atoms with Crippen LogP contribution < -0.4 is 10.5 Å². The zero-order valence-electron chi connectivity index (χ0n) is 11.9. The molecule has 2 rings (SSSR count). The highest BCUT2D eigenvalue weighted by atomic mass is 16.5. The Balaban J connectivity index is 2.41. The summed E-state index contributed by atoms with van der Waals surface area (Å²) < 4.78 is 7.26. The fraction of sp³-hybridized carbons (Fsp3) is 0.357. The van der Waals surface area contributed by atoms with Gasteiger partial charge in [-0.3, -0.25) is 10.1 Å². The maximum absolute atomic E-state index is 8.33. The molecule has 0 spiro atoms. The topological polar surface area (TPSA) is 89.8 Å². The molecule has 0 fully saturated rings. The second-order valence-corrected chi connectivity index (χ2v) is 4.69. The highest BCUT2D eigenvalue weighted by Crippen LogP contribution is 2.25. The molecule has 0 radical (unpaired) electrons. The maximum Gasteiger partial charge on any atom is 0.225 e. The Labute approximate surface area is 118 Å². The van der Waals surface area contributed by atoms with Crippen LogP contribution in [0.4, 0.5) is 5.69 Å². The SMILES string of the molecule is CCOc1nccc(N)c1C(=N)c1cnn(C(C)C)c1. The largest absolute Gasteiger partial charge is 0.477 e. The molecule has 0 bridgehead atoms. The first-order chi connectivity index (χ1) is 9.54. The molecular formula is C14H19N5O. The van der Waals surface area contributed by atoms with Crippen LogP contribution in [0.5, 0.6) is 5.88 Å². The molecule has 6 nitrogen and oxygen atoms in total. The number of aromatic nitrogens is 3. The molecule has 20 heavy (non-hydrogen) atoms. The Hall–Kier alpha value is -2.37. The number of nitrogens with zero attached hydrogens (tertiary/aromatic N) is 3. The molecule has 106 valence electrons. The van der Waals surface area contributed by atoms with Gasteiger partial charge in [0.25, 0.3) is 0 Å². The van der Waals surface area contributed by atoms with Crippen LogP contribution in [0.1, 0.15) is 37.9 Å². The van der Waals surface area contributed by atoms with Crippen molar-refractivity contribution < 1.29 is 4.74 Å². The lowest BCUT2D eigenvalue weighted by Gasteiger charge is -2.11. The van der Waals surface area contributed by atoms with Gasteiger partial charge in [0.1, 0.15) is 0 Å². The van der Waals surface area contributed by atoms with Gasteiger partial charge >= 0.3 is 0 Å². The molecule has 0 aliphatic heterocycles. The monoisotopic (exact) mass is 273 g/mol. The Morgan fingerprint density at radius 1 is 1.50 bits per heavy atom. The van der Waals surface area contributed by atoms with Crippen molar-refractivity contribution in [2.75, 3.05) is 12.3 Å². The number of ether oxygens (including phenoxy) is 1. The molecule has 0 aliphatic rings. The normalized spacial score (nSPS) is 10.8. The highest BCUT2D eigenvalue weighted by Gasteiger charge is 2.17. The summed E-state index contributed by atoms with van der Waals surface area (Å²) in [7, 11) is 0. The second kappa shape index (κ2) is 5.73. The summed E-state index contributed by atoms with van der Waals surface area (Å²) in [6.45, 7) is 6.41. The lowest BCUT2D eigenvalue weighted by Crippen LogP contribution is -2.10. The van der Waals surface area contributed by atoms with Crippen LogP contribution in [-0.4, -0.2) is 27.1 Å². The molecule has 6 heteroatoms. The highest BCUT2D eigenvalue weighted by molar-refractivity contribution is 6.14. The van der Waals surface area contributed by atoms with Crippen molar-refractivity contribution >= 4 is 11.4 Å². The van der Waals surface area contributed by atoms with Gasteiger partial charge in [0, 0.05) is 29.7 Å². The minimum atomic E-state index is 0.245. The van der Waals surface area contributed by atoms with Gasteiger partial charge in [0.05, 0.1) is 24.1 Å². The van der Waals surface area contributed by atoms with E-state index in [0.717, 1.165) is 0 Å². The number of pyridine rings is 1. The van der Waals surface area contributed by atoms with E-state index in [1.165, 1.54) is 0 Å². The Kier molecular flexibility index (Phi) is 4.02. The van der Waals surface area contributed by atoms with Crippen molar-refractivity contribution in [3.05, 3.63) is 35.8 Å². The van der Waals surface area contributed by atoms with Gasteiger partial charge in [0.2, 0.25) is 5.88 Å². The summed E-state index contributed by atoms with van der Waals surface area (Å²) in [6.07, 6.45) is 5.06. The minimum Gasteiger partial charge on any atom is -0.477 e. The van der Waals surface area contributed by atoms with Gasteiger partial charge in [-0.25, -0.2) is 4.98 Å². The van der Waals surface area contributed by atoms with Crippen molar-refractivity contribution in [3.8, 4) is 5.88 Å². The summed E-state index contributed by atoms with van der Waals surface area (Å²) in [5.74, 6) is 0.384. The Bertz CT molecular complexity index is 618. The minimum absolute atomic E-state index is 0.245. The summed E-state index contributed by atoms with van der Waals surface area (Å²) in [5.41, 5.74) is 7.92. The third-order valence-electron chi connectivity index (χ3n) is 2.90. The molecule has 0 saturated heterocycles. The van der Waals surface area contributed by atoms with E-state index >= 15 is 0 Å². The van der Waals surface area contributed by atoms with Crippen molar-refractivity contribution in [2.24, 2.45) is 0 Å². The van der Waals surface area contributed by atoms with E-state index < -0.39 is 0 Å². The number of hydrogen-bond acceptors (Lipinski definition) is 5. The summed E-state index contributed by atoms with van der Waals surface area (Å²) in [5, 5.41) is 12.6. The quantitative estimate of drug-likeness (QED) is 0.818. The number of rotatable bonds is 5. The van der Waals surface area contributed by atoms with E-state index in [4.69, 9.17) is 15.9 Å². The van der Waals surface area contributed by atoms with Crippen molar-refractivity contribution in [2.45, 2.75) is 26.8 Å². The Morgan fingerprint density at radius 3 is 2.85 bits per heavy atom. The zero-order chi connectivity index (χ0) is 14.7. The predicted molar refractivity (Wildman–Crippen MR) is 78.4 cm³/mol. The van der Waals surface area contributed by atoms with Crippen LogP contribution in [0.25, 0.3) is 0 Å². The average Bonchev–Trinajstić information content (AvgIpc) is 2.88. The van der Waals surface area contributed by atoms with Crippen LogP contribution in [-0.2, 0) is 0 Å². The number of anilines is 1. The van der Waals surface area contributed by atoms with Crippen molar-refractivity contribution in [1.82, 2.24) is 14.8 Å². The van der Waals surface area contributed by atoms with Crippen LogP contribution >= 0.6 is 0 Å². The van der Waals surface area contributed by atoms with Gasteiger partial charge in [-0.15, -0.1) is 0 Å². The maximum atomic E-state index is 8.33. The second-order valence-electron chi connectivity index (χ2n) is 4.69. The molecule has 3 N–H and O–H groups in total. The van der Waals surface area contributed by atoms with Crippen LogP contribution in [0.15, 0.2) is 24.7 Å². The zero-order valence-corrected chi connectivity index (χ0v) is 11.9. The fourth-order valence-corrected chi connectivity index (χ4v) is 1.85. The molecule has 2 heterocycles. The van der Waals surface area contributed by atoms with Gasteiger partial charge in [-0.2, -0.15) is 5.10 Å². The van der Waals surface area contributed by atoms with Crippen LogP contribution in [0.3, 0.4) is 0 Å². The Morgan fingerprint density at radius 2 is 2.25 bits per heavy atom. The number of nitrogen functional groups attached to an aromatic ring is 1. The van der Waals surface area contributed by atoms with Crippen LogP contribution in [0, 0.1) is 5.41 Å². The number of nitrogens with one attached hydrogen (secondary N) is 1. The van der Waals surface area contributed by atoms with E-state index in [-0.39, 0.29) is 11.8 Å². The molecular weight excluding hydrogens is 254 g/mol. The molecule has 0 atom stereocenters. The molecule has 0 saturated carbocycles. The van der Waals surface area contributed by atoms with Crippen molar-refractivity contribution in [3.63, 3.8) is 0 Å². The third kappa shape index (κ3) is 2.64. The summed E-state index contributed by atoms with van der Waals surface area (Å²) >= 11 is 0. The average molecular weight is 273 g/mol. The van der Waals surface area contributed by atoms with E-state index in [0.29, 0.717) is 29.3 Å². The number of nitrogens with two attached hydrogens (primary N) is 1. The predicted octanol–water partition coefficient (Wildman–Crippen LogP) is 2.26. The first kappa shape index (κ1) is 14.0. The molecule has 0 aliphatic carbocycles. The fourth-order valence-electron chi connectivity index (χ4n) is 1.85.